The van der Waals surface area contributed by atoms with Crippen molar-refractivity contribution in [1.29, 1.82) is 0 Å². The van der Waals surface area contributed by atoms with Gasteiger partial charge in [0.2, 0.25) is 31.9 Å². The number of anilines is 2. The number of esters is 1. The van der Waals surface area contributed by atoms with Crippen molar-refractivity contribution in [1.82, 2.24) is 19.9 Å². The summed E-state index contributed by atoms with van der Waals surface area (Å²) in [7, 11) is -4.39. The standard InChI is InChI=1S/C25H32FN3O6S.C21H24FN3O3S/c1-6-11-35-24(32)14-20(31)13-19(30)9-7-17-12-18(8-10-21(17)26)23-15-22(16(2)3)27-25(28-23)29(4)36(5,33)34;1-14(2)19-13-20(24-21(23-19)25(4)29(5,27)28)17-10-11-18(22)16(12-17)9-7-6-8-15(3)26/h7-10,12,15-16,19,30H,6,11,13-14H2,1-5H3;6-14H,1-5H3/b9-7+;8-6+,9-7+/t19-;/m1./s1. The molecule has 0 aliphatic rings. The van der Waals surface area contributed by atoms with Crippen molar-refractivity contribution in [2.24, 2.45) is 0 Å². The molecule has 0 saturated carbocycles. The second kappa shape index (κ2) is 23.8. The van der Waals surface area contributed by atoms with E-state index in [9.17, 15) is 45.1 Å². The number of aromatic nitrogens is 4. The SMILES string of the molecule is CC(=O)/C=C/C=C/c1cc(-c2cc(C(C)C)nc(N(C)S(C)(=O)=O)n2)ccc1F.CCCOC(=O)CC(=O)C[C@H](O)/C=C/c1cc(-c2cc(C(C)C)nc(N(C)S(C)(=O)=O)n2)ccc1F. The summed E-state index contributed by atoms with van der Waals surface area (Å²) in [5.41, 5.74) is 3.74. The van der Waals surface area contributed by atoms with Crippen molar-refractivity contribution in [3.8, 4) is 22.5 Å². The lowest BCUT2D eigenvalue weighted by molar-refractivity contribution is -0.146. The largest absolute Gasteiger partial charge is 0.465 e. The molecule has 2 aromatic heterocycles. The quantitative estimate of drug-likeness (QED) is 0.0420. The second-order valence-corrected chi connectivity index (χ2v) is 19.6. The molecule has 0 radical (unpaired) electrons. The number of carbonyl (C=O) groups is 3. The average molecular weight is 939 g/mol. The van der Waals surface area contributed by atoms with E-state index in [1.807, 2.05) is 34.6 Å². The molecule has 0 bridgehead atoms. The van der Waals surface area contributed by atoms with Gasteiger partial charge in [0, 0.05) is 54.2 Å². The van der Waals surface area contributed by atoms with Gasteiger partial charge in [-0.2, -0.15) is 0 Å². The summed E-state index contributed by atoms with van der Waals surface area (Å²) >= 11 is 0. The van der Waals surface area contributed by atoms with Gasteiger partial charge < -0.3 is 9.84 Å². The van der Waals surface area contributed by atoms with E-state index >= 15 is 0 Å². The third kappa shape index (κ3) is 16.8. The van der Waals surface area contributed by atoms with Gasteiger partial charge in [0.1, 0.15) is 23.8 Å². The summed E-state index contributed by atoms with van der Waals surface area (Å²) in [5, 5.41) is 10.2. The number of Topliss-reactive ketones (excluding diaryl/α,β-unsaturated/α-hetero) is 1. The normalized spacial score (nSPS) is 12.5. The number of aliphatic hydroxyl groups is 1. The van der Waals surface area contributed by atoms with Crippen molar-refractivity contribution in [3.05, 3.63) is 107 Å². The number of carbonyl (C=O) groups excluding carboxylic acids is 3. The van der Waals surface area contributed by atoms with Crippen molar-refractivity contribution < 1.29 is 49.8 Å². The first-order valence-electron chi connectivity index (χ1n) is 20.4. The fraction of sp³-hybridized carbons (Fsp3) is 0.370. The summed E-state index contributed by atoms with van der Waals surface area (Å²) in [4.78, 5) is 51.9. The van der Waals surface area contributed by atoms with E-state index in [0.717, 1.165) is 21.1 Å². The second-order valence-electron chi connectivity index (χ2n) is 15.6. The molecule has 0 amide bonds. The van der Waals surface area contributed by atoms with Crippen LogP contribution in [-0.2, 0) is 39.2 Å². The number of ketones is 2. The lowest BCUT2D eigenvalue weighted by Crippen LogP contribution is -2.27. The molecule has 1 N–H and O–H groups in total. The maximum atomic E-state index is 14.5. The minimum atomic E-state index is -3.60. The number of nitrogens with zero attached hydrogens (tertiary/aromatic N) is 6. The van der Waals surface area contributed by atoms with Crippen LogP contribution in [-0.4, -0.2) is 98.7 Å². The van der Waals surface area contributed by atoms with Gasteiger partial charge in [0.15, 0.2) is 5.78 Å². The number of benzene rings is 2. The Bertz CT molecular complexity index is 2670. The summed E-state index contributed by atoms with van der Waals surface area (Å²) in [6.45, 7) is 11.2. The third-order valence-corrected chi connectivity index (χ3v) is 11.6. The lowest BCUT2D eigenvalue weighted by atomic mass is 10.0. The van der Waals surface area contributed by atoms with Crippen molar-refractivity contribution in [2.75, 3.05) is 41.8 Å². The highest BCUT2D eigenvalue weighted by Crippen LogP contribution is 2.29. The van der Waals surface area contributed by atoms with E-state index in [1.54, 1.807) is 36.4 Å². The zero-order valence-electron chi connectivity index (χ0n) is 38.1. The van der Waals surface area contributed by atoms with E-state index < -0.39 is 56.0 Å². The lowest BCUT2D eigenvalue weighted by Gasteiger charge is -2.17. The highest BCUT2D eigenvalue weighted by atomic mass is 32.2. The minimum absolute atomic E-state index is 0.00786. The molecule has 65 heavy (non-hydrogen) atoms. The Morgan fingerprint density at radius 2 is 1.20 bits per heavy atom. The molecule has 4 aromatic rings. The third-order valence-electron chi connectivity index (χ3n) is 9.25. The Morgan fingerprint density at radius 3 is 1.62 bits per heavy atom. The van der Waals surface area contributed by atoms with Crippen LogP contribution in [0.2, 0.25) is 0 Å². The maximum absolute atomic E-state index is 14.5. The van der Waals surface area contributed by atoms with Crippen LogP contribution in [0, 0.1) is 11.6 Å². The van der Waals surface area contributed by atoms with Gasteiger partial charge in [0.05, 0.1) is 36.6 Å². The highest BCUT2D eigenvalue weighted by molar-refractivity contribution is 7.92. The zero-order chi connectivity index (χ0) is 48.8. The van der Waals surface area contributed by atoms with Crippen molar-refractivity contribution in [2.45, 2.75) is 78.7 Å². The maximum Gasteiger partial charge on any atom is 0.313 e. The van der Waals surface area contributed by atoms with Crippen molar-refractivity contribution >= 4 is 61.6 Å². The van der Waals surface area contributed by atoms with Crippen LogP contribution in [0.3, 0.4) is 0 Å². The van der Waals surface area contributed by atoms with Crippen molar-refractivity contribution in [3.63, 3.8) is 0 Å². The number of rotatable bonds is 19. The average Bonchev–Trinajstić information content (AvgIpc) is 3.23. The molecule has 0 saturated heterocycles. The number of sulfonamides is 2. The zero-order valence-corrected chi connectivity index (χ0v) is 39.7. The molecule has 2 aromatic carbocycles. The first-order valence-corrected chi connectivity index (χ1v) is 24.1. The number of allylic oxidation sites excluding steroid dienone is 3. The van der Waals surface area contributed by atoms with Gasteiger partial charge in [0.25, 0.3) is 0 Å². The van der Waals surface area contributed by atoms with Gasteiger partial charge in [-0.3, -0.25) is 14.4 Å². The van der Waals surface area contributed by atoms with Crippen LogP contribution in [0.5, 0.6) is 0 Å². The molecule has 1 atom stereocenters. The van der Waals surface area contributed by atoms with Crippen LogP contribution in [0.1, 0.15) is 95.2 Å². The molecule has 350 valence electrons. The number of halogens is 2. The minimum Gasteiger partial charge on any atom is -0.465 e. The van der Waals surface area contributed by atoms with Gasteiger partial charge in [-0.25, -0.2) is 54.2 Å². The smallest absolute Gasteiger partial charge is 0.313 e. The fourth-order valence-electron chi connectivity index (χ4n) is 5.40. The van der Waals surface area contributed by atoms with Crippen LogP contribution in [0.25, 0.3) is 34.7 Å². The Balaban J connectivity index is 0.000000353. The number of ether oxygens (including phenoxy) is 1. The first-order chi connectivity index (χ1) is 30.3. The Hall–Kier alpha value is -6.05. The molecule has 0 aliphatic carbocycles. The summed E-state index contributed by atoms with van der Waals surface area (Å²) in [6, 6.07) is 12.2. The van der Waals surface area contributed by atoms with E-state index in [0.29, 0.717) is 45.9 Å². The first kappa shape index (κ1) is 53.3. The molecule has 19 heteroatoms. The highest BCUT2D eigenvalue weighted by Gasteiger charge is 2.21. The summed E-state index contributed by atoms with van der Waals surface area (Å²) in [5.74, 6) is -2.17. The molecule has 0 fully saturated rings. The number of hydrogen-bond donors (Lipinski definition) is 1. The number of hydrogen-bond acceptors (Lipinski definition) is 13. The summed E-state index contributed by atoms with van der Waals surface area (Å²) in [6.07, 6.45) is 9.42. The fourth-order valence-corrected chi connectivity index (χ4v) is 6.16. The van der Waals surface area contributed by atoms with Crippen LogP contribution in [0.15, 0.2) is 72.8 Å². The van der Waals surface area contributed by atoms with E-state index in [2.05, 4.69) is 19.9 Å². The molecule has 0 unspecified atom stereocenters. The van der Waals surface area contributed by atoms with Crippen LogP contribution in [0.4, 0.5) is 20.7 Å². The van der Waals surface area contributed by atoms with Gasteiger partial charge in [-0.1, -0.05) is 65.0 Å². The molecule has 4 rings (SSSR count). The van der Waals surface area contributed by atoms with Gasteiger partial charge >= 0.3 is 5.97 Å². The molecule has 0 spiro atoms. The molecule has 0 aliphatic heterocycles. The number of aliphatic hydroxyl groups excluding tert-OH is 1. The molecule has 15 nitrogen and oxygen atoms in total. The predicted octanol–water partition coefficient (Wildman–Crippen LogP) is 7.44. The van der Waals surface area contributed by atoms with E-state index in [-0.39, 0.29) is 48.1 Å². The molecule has 2 heterocycles. The molecular weight excluding hydrogens is 883 g/mol. The Kier molecular flexibility index (Phi) is 19.5. The van der Waals surface area contributed by atoms with E-state index in [1.165, 1.54) is 69.6 Å². The Morgan fingerprint density at radius 1 is 0.738 bits per heavy atom. The monoisotopic (exact) mass is 938 g/mol. The van der Waals surface area contributed by atoms with Gasteiger partial charge in [-0.05, 0) is 79.8 Å². The van der Waals surface area contributed by atoms with Gasteiger partial charge in [-0.15, -0.1) is 0 Å². The Labute approximate surface area is 380 Å². The van der Waals surface area contributed by atoms with E-state index in [4.69, 9.17) is 4.74 Å². The predicted molar refractivity (Wildman–Crippen MR) is 249 cm³/mol. The van der Waals surface area contributed by atoms with Crippen LogP contribution >= 0.6 is 0 Å². The van der Waals surface area contributed by atoms with Crippen LogP contribution < -0.4 is 8.61 Å². The summed E-state index contributed by atoms with van der Waals surface area (Å²) < 4.78 is 83.3. The molecular formula is C46H56F2N6O9S2. The topological polar surface area (TPSA) is 207 Å².